The molecule has 0 spiro atoms. The minimum atomic E-state index is -0.117. The second-order valence-electron chi connectivity index (χ2n) is 12.7. The zero-order valence-electron chi connectivity index (χ0n) is 30.5. The maximum atomic E-state index is 6.58. The Hall–Kier alpha value is -4.48. The number of rotatable bonds is 16. The largest absolute Gasteiger partial charge is 0.496 e. The Labute approximate surface area is 301 Å². The third-order valence-electron chi connectivity index (χ3n) is 10.0. The first-order valence-electron chi connectivity index (χ1n) is 17.4. The highest BCUT2D eigenvalue weighted by molar-refractivity contribution is 5.52. The molecule has 272 valence electrons. The normalized spacial score (nSPS) is 20.7. The Morgan fingerprint density at radius 3 is 1.18 bits per heavy atom. The monoisotopic (exact) mass is 698 g/mol. The molecule has 0 N–H and O–H groups in total. The molecule has 10 nitrogen and oxygen atoms in total. The van der Waals surface area contributed by atoms with Crippen molar-refractivity contribution in [1.82, 2.24) is 9.80 Å². The van der Waals surface area contributed by atoms with Crippen LogP contribution in [0.5, 0.6) is 34.5 Å². The number of ether oxygens (including phenoxy) is 8. The summed E-state index contributed by atoms with van der Waals surface area (Å²) in [7, 11) is 10.00. The van der Waals surface area contributed by atoms with Gasteiger partial charge in [-0.05, 0) is 30.4 Å². The number of nitrogens with zero attached hydrogens (tertiary/aromatic N) is 2. The lowest BCUT2D eigenvalue weighted by molar-refractivity contribution is -0.00372. The molecular formula is C41H50N2O8. The molecule has 6 rings (SSSR count). The van der Waals surface area contributed by atoms with E-state index < -0.39 is 0 Å². The van der Waals surface area contributed by atoms with E-state index in [9.17, 15) is 0 Å². The van der Waals surface area contributed by atoms with Crippen molar-refractivity contribution in [2.24, 2.45) is 0 Å². The molecular weight excluding hydrogens is 648 g/mol. The van der Waals surface area contributed by atoms with Crippen LogP contribution in [-0.4, -0.2) is 78.1 Å². The summed E-state index contributed by atoms with van der Waals surface area (Å²) < 4.78 is 47.6. The van der Waals surface area contributed by atoms with E-state index in [0.29, 0.717) is 37.8 Å². The standard InChI is InChI=1S/C41H50N2O8/c1-44-30-20-36(46-3)32(37(21-30)47-4)24-42-34(28-14-9-7-10-15-28)26-50-40(42)18-13-19-41-43(35(27-51-41)29-16-11-8-12-17-29)25-33-38(48-5)22-31(45-2)23-39(33)49-6/h7-12,14-17,20-23,34-35,40-41H,13,18-19,24-27H2,1-6H3/t34-,35-,40?,41?/m0/s1. The molecule has 2 saturated heterocycles. The lowest BCUT2D eigenvalue weighted by Crippen LogP contribution is -2.34. The molecule has 0 amide bonds. The first-order valence-corrected chi connectivity index (χ1v) is 17.4. The summed E-state index contributed by atoms with van der Waals surface area (Å²) in [5.41, 5.74) is 4.33. The van der Waals surface area contributed by atoms with Gasteiger partial charge in [-0.15, -0.1) is 0 Å². The molecule has 2 aliphatic heterocycles. The van der Waals surface area contributed by atoms with Crippen LogP contribution in [0.4, 0.5) is 0 Å². The average molecular weight is 699 g/mol. The Morgan fingerprint density at radius 2 is 0.863 bits per heavy atom. The Balaban J connectivity index is 1.24. The van der Waals surface area contributed by atoms with E-state index in [-0.39, 0.29) is 24.5 Å². The third kappa shape index (κ3) is 8.05. The molecule has 0 aliphatic carbocycles. The third-order valence-corrected chi connectivity index (χ3v) is 10.0. The molecule has 4 aromatic carbocycles. The van der Waals surface area contributed by atoms with Crippen LogP contribution in [0.3, 0.4) is 0 Å². The second-order valence-corrected chi connectivity index (χ2v) is 12.7. The van der Waals surface area contributed by atoms with Crippen molar-refractivity contribution >= 4 is 0 Å². The van der Waals surface area contributed by atoms with Crippen LogP contribution in [0.1, 0.15) is 53.6 Å². The first-order chi connectivity index (χ1) is 25.0. The van der Waals surface area contributed by atoms with Gasteiger partial charge < -0.3 is 37.9 Å². The van der Waals surface area contributed by atoms with E-state index in [1.807, 2.05) is 36.4 Å². The van der Waals surface area contributed by atoms with E-state index in [2.05, 4.69) is 58.3 Å². The second kappa shape index (κ2) is 17.2. The van der Waals surface area contributed by atoms with Gasteiger partial charge in [-0.1, -0.05) is 60.7 Å². The number of hydrogen-bond acceptors (Lipinski definition) is 10. The van der Waals surface area contributed by atoms with Crippen molar-refractivity contribution in [3.05, 3.63) is 107 Å². The number of benzene rings is 4. The fraction of sp³-hybridized carbons (Fsp3) is 0.415. The van der Waals surface area contributed by atoms with Gasteiger partial charge in [-0.2, -0.15) is 0 Å². The minimum absolute atomic E-state index is 0.0735. The van der Waals surface area contributed by atoms with E-state index >= 15 is 0 Å². The SMILES string of the molecule is COc1cc(OC)c(CN2C(CCCC3OC[C@@H](c4ccccc4)N3Cc3c(OC)cc(OC)cc3OC)OC[C@H]2c2ccccc2)c(OC)c1. The highest BCUT2D eigenvalue weighted by Crippen LogP contribution is 2.42. The fourth-order valence-corrected chi connectivity index (χ4v) is 7.34. The molecule has 0 radical (unpaired) electrons. The molecule has 4 aromatic rings. The van der Waals surface area contributed by atoms with Gasteiger partial charge >= 0.3 is 0 Å². The Morgan fingerprint density at radius 1 is 0.510 bits per heavy atom. The van der Waals surface area contributed by atoms with Crippen molar-refractivity contribution in [3.8, 4) is 34.5 Å². The average Bonchev–Trinajstić information content (AvgIpc) is 3.78. The maximum absolute atomic E-state index is 6.58. The number of methoxy groups -OCH3 is 6. The highest BCUT2D eigenvalue weighted by atomic mass is 16.5. The van der Waals surface area contributed by atoms with Crippen molar-refractivity contribution in [1.29, 1.82) is 0 Å². The van der Waals surface area contributed by atoms with Crippen LogP contribution in [0.25, 0.3) is 0 Å². The number of hydrogen-bond donors (Lipinski definition) is 0. The summed E-state index contributed by atoms with van der Waals surface area (Å²) in [5.74, 6) is 4.23. The Kier molecular flexibility index (Phi) is 12.2. The summed E-state index contributed by atoms with van der Waals surface area (Å²) in [6, 6.07) is 28.9. The predicted molar refractivity (Wildman–Crippen MR) is 195 cm³/mol. The van der Waals surface area contributed by atoms with Gasteiger partial charge in [0.15, 0.2) is 0 Å². The van der Waals surface area contributed by atoms with E-state index in [1.165, 1.54) is 11.1 Å². The van der Waals surface area contributed by atoms with Crippen LogP contribution in [0.15, 0.2) is 84.9 Å². The summed E-state index contributed by atoms with van der Waals surface area (Å²) >= 11 is 0. The topological polar surface area (TPSA) is 80.3 Å². The molecule has 2 aliphatic rings. The Bertz CT molecular complexity index is 1530. The summed E-state index contributed by atoms with van der Waals surface area (Å²) in [6.45, 7) is 2.35. The smallest absolute Gasteiger partial charge is 0.130 e. The van der Waals surface area contributed by atoms with Crippen LogP contribution in [0.2, 0.25) is 0 Å². The maximum Gasteiger partial charge on any atom is 0.130 e. The van der Waals surface area contributed by atoms with Gasteiger partial charge in [0.05, 0.1) is 79.1 Å². The molecule has 2 unspecified atom stereocenters. The van der Waals surface area contributed by atoms with Gasteiger partial charge in [0.25, 0.3) is 0 Å². The van der Waals surface area contributed by atoms with Gasteiger partial charge in [0, 0.05) is 37.4 Å². The van der Waals surface area contributed by atoms with Crippen molar-refractivity contribution < 1.29 is 37.9 Å². The summed E-state index contributed by atoms with van der Waals surface area (Å²) in [5, 5.41) is 0. The van der Waals surface area contributed by atoms with Gasteiger partial charge in [-0.3, -0.25) is 9.80 Å². The molecule has 2 fully saturated rings. The van der Waals surface area contributed by atoms with E-state index in [0.717, 1.165) is 53.4 Å². The van der Waals surface area contributed by atoms with Crippen molar-refractivity contribution in [3.63, 3.8) is 0 Å². The molecule has 0 saturated carbocycles. The molecule has 2 heterocycles. The van der Waals surface area contributed by atoms with Crippen LogP contribution in [-0.2, 0) is 22.6 Å². The molecule has 0 aromatic heterocycles. The fourth-order valence-electron chi connectivity index (χ4n) is 7.34. The highest BCUT2D eigenvalue weighted by Gasteiger charge is 2.39. The van der Waals surface area contributed by atoms with Gasteiger partial charge in [-0.25, -0.2) is 0 Å². The van der Waals surface area contributed by atoms with Crippen LogP contribution >= 0.6 is 0 Å². The lowest BCUT2D eigenvalue weighted by Gasteiger charge is -2.31. The van der Waals surface area contributed by atoms with E-state index in [1.54, 1.807) is 42.7 Å². The lowest BCUT2D eigenvalue weighted by atomic mass is 10.0. The quantitative estimate of drug-likeness (QED) is 0.118. The van der Waals surface area contributed by atoms with E-state index in [4.69, 9.17) is 37.9 Å². The first kappa shape index (κ1) is 36.3. The summed E-state index contributed by atoms with van der Waals surface area (Å²) in [6.07, 6.45) is 2.30. The van der Waals surface area contributed by atoms with Gasteiger partial charge in [0.1, 0.15) is 47.0 Å². The molecule has 4 atom stereocenters. The zero-order chi connectivity index (χ0) is 35.7. The van der Waals surface area contributed by atoms with Crippen LogP contribution < -0.4 is 28.4 Å². The van der Waals surface area contributed by atoms with Gasteiger partial charge in [0.2, 0.25) is 0 Å². The summed E-state index contributed by atoms with van der Waals surface area (Å²) in [4.78, 5) is 4.85. The molecule has 51 heavy (non-hydrogen) atoms. The minimum Gasteiger partial charge on any atom is -0.496 e. The van der Waals surface area contributed by atoms with Crippen molar-refractivity contribution in [2.45, 2.75) is 56.9 Å². The zero-order valence-corrected chi connectivity index (χ0v) is 30.5. The predicted octanol–water partition coefficient (Wildman–Crippen LogP) is 7.41. The van der Waals surface area contributed by atoms with Crippen molar-refractivity contribution in [2.75, 3.05) is 55.9 Å². The molecule has 0 bridgehead atoms. The molecule has 10 heteroatoms. The van der Waals surface area contributed by atoms with Crippen LogP contribution in [0, 0.1) is 0 Å².